The molecule has 3 atom stereocenters. The maximum absolute atomic E-state index is 6.12. The Hall–Kier alpha value is -1.92. The average Bonchev–Trinajstić information content (AvgIpc) is 3.14. The normalized spacial score (nSPS) is 25.3. The van der Waals surface area contributed by atoms with E-state index in [9.17, 15) is 0 Å². The van der Waals surface area contributed by atoms with Gasteiger partial charge in [-0.1, -0.05) is 19.9 Å². The van der Waals surface area contributed by atoms with Crippen LogP contribution in [-0.2, 0) is 0 Å². The average molecular weight is 415 g/mol. The zero-order valence-electron chi connectivity index (χ0n) is 16.0. The smallest absolute Gasteiger partial charge is 0.322 e. The second-order valence-electron chi connectivity index (χ2n) is 8.52. The van der Waals surface area contributed by atoms with Crippen LogP contribution in [0.4, 0.5) is 11.6 Å². The Morgan fingerprint density at radius 2 is 2.11 bits per heavy atom. The molecule has 3 aliphatic rings. The second kappa shape index (κ2) is 6.85. The molecule has 7 heteroatoms. The molecular weight excluding hydrogens is 392 g/mol. The summed E-state index contributed by atoms with van der Waals surface area (Å²) in [5.74, 6) is 2.59. The molecule has 1 N–H and O–H groups in total. The third kappa shape index (κ3) is 3.22. The zero-order chi connectivity index (χ0) is 19.3. The molecule has 5 nitrogen and oxygen atoms in total. The van der Waals surface area contributed by atoms with Crippen LogP contribution in [-0.4, -0.2) is 21.6 Å². The van der Waals surface area contributed by atoms with Gasteiger partial charge in [0, 0.05) is 10.4 Å². The van der Waals surface area contributed by atoms with E-state index >= 15 is 0 Å². The summed E-state index contributed by atoms with van der Waals surface area (Å²) in [7, 11) is 0. The minimum Gasteiger partial charge on any atom is -0.463 e. The third-order valence-electron chi connectivity index (χ3n) is 6.73. The fourth-order valence-electron chi connectivity index (χ4n) is 4.96. The summed E-state index contributed by atoms with van der Waals surface area (Å²) in [5.41, 5.74) is 1.36. The van der Waals surface area contributed by atoms with E-state index in [1.165, 1.54) is 29.3 Å². The van der Waals surface area contributed by atoms with Crippen LogP contribution in [0.1, 0.15) is 33.1 Å². The van der Waals surface area contributed by atoms with Crippen molar-refractivity contribution in [3.8, 4) is 6.01 Å². The first-order valence-electron chi connectivity index (χ1n) is 9.78. The van der Waals surface area contributed by atoms with Gasteiger partial charge in [-0.05, 0) is 83.0 Å². The lowest BCUT2D eigenvalue weighted by atomic mass is 9.46. The van der Waals surface area contributed by atoms with Crippen molar-refractivity contribution in [2.24, 2.45) is 23.2 Å². The highest BCUT2D eigenvalue weighted by Gasteiger charge is 2.54. The Labute approximate surface area is 173 Å². The molecule has 1 aromatic carbocycles. The lowest BCUT2D eigenvalue weighted by molar-refractivity contribution is -0.114. The van der Waals surface area contributed by atoms with Gasteiger partial charge in [-0.25, -0.2) is 0 Å². The SMILES string of the molecule is CC1(C)[C@H]2CCC(COc3nc(Cl)nc(Nc4ccc5ccsc5c4)n3)[C@@H]1C2. The summed E-state index contributed by atoms with van der Waals surface area (Å²) in [6.07, 6.45) is 3.86. The topological polar surface area (TPSA) is 59.9 Å². The van der Waals surface area contributed by atoms with E-state index in [4.69, 9.17) is 16.3 Å². The Bertz CT molecular complexity index is 1020. The molecule has 0 spiro atoms. The Balaban J connectivity index is 1.29. The van der Waals surface area contributed by atoms with Crippen molar-refractivity contribution in [2.75, 3.05) is 11.9 Å². The molecule has 3 aromatic rings. The molecular formula is C21H23ClN4OS. The number of fused-ring (bicyclic) bond motifs is 3. The molecule has 2 heterocycles. The van der Waals surface area contributed by atoms with E-state index in [0.717, 1.165) is 17.5 Å². The molecule has 2 bridgehead atoms. The van der Waals surface area contributed by atoms with Crippen LogP contribution in [0.2, 0.25) is 5.28 Å². The first-order valence-corrected chi connectivity index (χ1v) is 11.0. The number of rotatable bonds is 5. The van der Waals surface area contributed by atoms with E-state index in [-0.39, 0.29) is 5.28 Å². The number of halogens is 1. The van der Waals surface area contributed by atoms with Crippen molar-refractivity contribution < 1.29 is 4.74 Å². The van der Waals surface area contributed by atoms with Gasteiger partial charge in [0.05, 0.1) is 6.61 Å². The number of benzene rings is 1. The van der Waals surface area contributed by atoms with Crippen molar-refractivity contribution >= 4 is 44.7 Å². The number of hydrogen-bond acceptors (Lipinski definition) is 6. The van der Waals surface area contributed by atoms with Crippen molar-refractivity contribution in [2.45, 2.75) is 33.1 Å². The van der Waals surface area contributed by atoms with Crippen molar-refractivity contribution in [1.29, 1.82) is 0 Å². The lowest BCUT2D eigenvalue weighted by Gasteiger charge is -2.60. The lowest BCUT2D eigenvalue weighted by Crippen LogP contribution is -2.53. The number of aromatic nitrogens is 3. The fourth-order valence-corrected chi connectivity index (χ4v) is 5.94. The molecule has 6 rings (SSSR count). The van der Waals surface area contributed by atoms with Crippen LogP contribution in [0, 0.1) is 23.2 Å². The van der Waals surface area contributed by atoms with Crippen LogP contribution in [0.5, 0.6) is 6.01 Å². The first-order chi connectivity index (χ1) is 13.5. The van der Waals surface area contributed by atoms with Gasteiger partial charge >= 0.3 is 6.01 Å². The van der Waals surface area contributed by atoms with E-state index in [1.54, 1.807) is 11.3 Å². The van der Waals surface area contributed by atoms with Crippen LogP contribution in [0.3, 0.4) is 0 Å². The molecule has 3 saturated carbocycles. The van der Waals surface area contributed by atoms with Gasteiger partial charge in [-0.2, -0.15) is 15.0 Å². The summed E-state index contributed by atoms with van der Waals surface area (Å²) in [6.45, 7) is 5.43. The number of ether oxygens (including phenoxy) is 1. The maximum Gasteiger partial charge on any atom is 0.322 e. The highest BCUT2D eigenvalue weighted by atomic mass is 35.5. The Kier molecular flexibility index (Phi) is 4.43. The molecule has 0 radical (unpaired) electrons. The predicted octanol–water partition coefficient (Wildman–Crippen LogP) is 5.93. The molecule has 0 amide bonds. The quantitative estimate of drug-likeness (QED) is 0.560. The second-order valence-corrected chi connectivity index (χ2v) is 9.80. The largest absolute Gasteiger partial charge is 0.463 e. The maximum atomic E-state index is 6.12. The van der Waals surface area contributed by atoms with Gasteiger partial charge < -0.3 is 10.1 Å². The number of nitrogens with one attached hydrogen (secondary N) is 1. The van der Waals surface area contributed by atoms with E-state index in [0.29, 0.717) is 29.9 Å². The first kappa shape index (κ1) is 18.1. The highest BCUT2D eigenvalue weighted by Crippen LogP contribution is 2.61. The predicted molar refractivity (Wildman–Crippen MR) is 114 cm³/mol. The van der Waals surface area contributed by atoms with Crippen LogP contribution in [0.25, 0.3) is 10.1 Å². The van der Waals surface area contributed by atoms with Crippen molar-refractivity contribution in [3.63, 3.8) is 0 Å². The van der Waals surface area contributed by atoms with Gasteiger partial charge in [0.15, 0.2) is 0 Å². The van der Waals surface area contributed by atoms with Gasteiger partial charge in [0.2, 0.25) is 11.2 Å². The van der Waals surface area contributed by atoms with Crippen LogP contribution in [0.15, 0.2) is 29.6 Å². The summed E-state index contributed by atoms with van der Waals surface area (Å²) in [6, 6.07) is 8.55. The molecule has 0 saturated heterocycles. The van der Waals surface area contributed by atoms with Crippen LogP contribution < -0.4 is 10.1 Å². The number of hydrogen-bond donors (Lipinski definition) is 1. The van der Waals surface area contributed by atoms with Gasteiger partial charge in [0.25, 0.3) is 0 Å². The molecule has 3 fully saturated rings. The number of anilines is 2. The fraction of sp³-hybridized carbons (Fsp3) is 0.476. The van der Waals surface area contributed by atoms with Gasteiger partial charge in [-0.15, -0.1) is 11.3 Å². The molecule has 146 valence electrons. The molecule has 3 aliphatic carbocycles. The number of thiophene rings is 1. The van der Waals surface area contributed by atoms with Crippen molar-refractivity contribution in [3.05, 3.63) is 34.9 Å². The summed E-state index contributed by atoms with van der Waals surface area (Å²) in [5, 5.41) is 6.66. The summed E-state index contributed by atoms with van der Waals surface area (Å²) < 4.78 is 7.17. The minimum absolute atomic E-state index is 0.136. The van der Waals surface area contributed by atoms with E-state index < -0.39 is 0 Å². The zero-order valence-corrected chi connectivity index (χ0v) is 17.6. The molecule has 28 heavy (non-hydrogen) atoms. The Morgan fingerprint density at radius 1 is 1.21 bits per heavy atom. The minimum atomic E-state index is 0.136. The van der Waals surface area contributed by atoms with Gasteiger partial charge in [0.1, 0.15) is 0 Å². The molecule has 0 aliphatic heterocycles. The van der Waals surface area contributed by atoms with Crippen molar-refractivity contribution in [1.82, 2.24) is 15.0 Å². The Morgan fingerprint density at radius 3 is 2.93 bits per heavy atom. The highest BCUT2D eigenvalue weighted by molar-refractivity contribution is 7.17. The van der Waals surface area contributed by atoms with E-state index in [1.807, 2.05) is 6.07 Å². The summed E-state index contributed by atoms with van der Waals surface area (Å²) >= 11 is 7.82. The number of nitrogens with zero attached hydrogens (tertiary/aromatic N) is 3. The van der Waals surface area contributed by atoms with Gasteiger partial charge in [-0.3, -0.25) is 0 Å². The monoisotopic (exact) mass is 414 g/mol. The molecule has 2 aromatic heterocycles. The van der Waals surface area contributed by atoms with Crippen LogP contribution >= 0.6 is 22.9 Å². The van der Waals surface area contributed by atoms with E-state index in [2.05, 4.69) is 57.7 Å². The standard InChI is InChI=1S/C21H23ClN4OS/c1-21(2)14-5-3-13(16(21)9-14)11-27-20-25-18(22)24-19(26-20)23-15-6-4-12-7-8-28-17(12)10-15/h4,6-8,10,13-14,16H,3,5,9,11H2,1-2H3,(H,23,24,25,26)/t13?,14-,16-/m0/s1. The summed E-state index contributed by atoms with van der Waals surface area (Å²) in [4.78, 5) is 12.8. The third-order valence-corrected chi connectivity index (χ3v) is 7.78. The molecule has 1 unspecified atom stereocenters.